The summed E-state index contributed by atoms with van der Waals surface area (Å²) in [7, 11) is 0. The molecule has 1 amide bonds. The van der Waals surface area contributed by atoms with Crippen molar-refractivity contribution < 1.29 is 14.5 Å². The highest BCUT2D eigenvalue weighted by Crippen LogP contribution is 2.26. The van der Waals surface area contributed by atoms with E-state index in [0.29, 0.717) is 44.1 Å². The van der Waals surface area contributed by atoms with E-state index >= 15 is 0 Å². The quantitative estimate of drug-likeness (QED) is 0.658. The van der Waals surface area contributed by atoms with Crippen molar-refractivity contribution in [3.8, 4) is 0 Å². The van der Waals surface area contributed by atoms with Crippen LogP contribution in [-0.2, 0) is 11.3 Å². The number of hydrogen-bond acceptors (Lipinski definition) is 5. The minimum atomic E-state index is -0.485. The van der Waals surface area contributed by atoms with Gasteiger partial charge in [-0.05, 0) is 24.1 Å². The summed E-state index contributed by atoms with van der Waals surface area (Å²) in [6.07, 6.45) is 0. The highest BCUT2D eigenvalue weighted by molar-refractivity contribution is 6.00. The Morgan fingerprint density at radius 1 is 1.23 bits per heavy atom. The average Bonchev–Trinajstić information content (AvgIpc) is 2.67. The highest BCUT2D eigenvalue weighted by atomic mass is 16.6. The first-order chi connectivity index (χ1) is 12.6. The Balaban J connectivity index is 1.85. The SMILES string of the molecule is Cc1ccccc1CNC(=O)c1cc([N+](=O)[O-])ccc1N1CCOCC1. The van der Waals surface area contributed by atoms with Crippen molar-refractivity contribution in [2.75, 3.05) is 31.2 Å². The van der Waals surface area contributed by atoms with E-state index in [0.717, 1.165) is 11.1 Å². The van der Waals surface area contributed by atoms with Gasteiger partial charge in [0.15, 0.2) is 0 Å². The van der Waals surface area contributed by atoms with E-state index in [4.69, 9.17) is 4.74 Å². The van der Waals surface area contributed by atoms with Crippen LogP contribution in [0, 0.1) is 17.0 Å². The normalized spacial score (nSPS) is 14.1. The zero-order chi connectivity index (χ0) is 18.5. The molecule has 0 aromatic heterocycles. The fourth-order valence-corrected chi connectivity index (χ4v) is 2.98. The van der Waals surface area contributed by atoms with Crippen molar-refractivity contribution >= 4 is 17.3 Å². The molecule has 0 saturated carbocycles. The van der Waals surface area contributed by atoms with Crippen molar-refractivity contribution in [2.24, 2.45) is 0 Å². The Kier molecular flexibility index (Phi) is 5.48. The summed E-state index contributed by atoms with van der Waals surface area (Å²) in [5.74, 6) is -0.321. The molecular formula is C19H21N3O4. The van der Waals surface area contributed by atoms with Gasteiger partial charge in [0.25, 0.3) is 11.6 Å². The first-order valence-corrected chi connectivity index (χ1v) is 8.50. The number of non-ortho nitro benzene ring substituents is 1. The van der Waals surface area contributed by atoms with E-state index in [-0.39, 0.29) is 11.6 Å². The van der Waals surface area contributed by atoms with Gasteiger partial charge in [-0.3, -0.25) is 14.9 Å². The number of nitro groups is 1. The van der Waals surface area contributed by atoms with Gasteiger partial charge < -0.3 is 15.0 Å². The van der Waals surface area contributed by atoms with Crippen LogP contribution < -0.4 is 10.2 Å². The summed E-state index contributed by atoms with van der Waals surface area (Å²) >= 11 is 0. The minimum Gasteiger partial charge on any atom is -0.378 e. The van der Waals surface area contributed by atoms with Crippen LogP contribution in [0.5, 0.6) is 0 Å². The number of nitrogens with zero attached hydrogens (tertiary/aromatic N) is 2. The van der Waals surface area contributed by atoms with Gasteiger partial charge in [-0.2, -0.15) is 0 Å². The number of anilines is 1. The Morgan fingerprint density at radius 2 is 1.96 bits per heavy atom. The van der Waals surface area contributed by atoms with E-state index in [1.807, 2.05) is 36.1 Å². The van der Waals surface area contributed by atoms with Gasteiger partial charge in [-0.25, -0.2) is 0 Å². The fourth-order valence-electron chi connectivity index (χ4n) is 2.98. The molecule has 1 fully saturated rings. The third kappa shape index (κ3) is 4.00. The van der Waals surface area contributed by atoms with Gasteiger partial charge in [-0.15, -0.1) is 0 Å². The summed E-state index contributed by atoms with van der Waals surface area (Å²) in [4.78, 5) is 25.4. The van der Waals surface area contributed by atoms with Gasteiger partial charge in [0.05, 0.1) is 29.4 Å². The Hall–Kier alpha value is -2.93. The maximum atomic E-state index is 12.8. The molecule has 1 aliphatic heterocycles. The van der Waals surface area contributed by atoms with Gasteiger partial charge in [0, 0.05) is 31.8 Å². The van der Waals surface area contributed by atoms with Crippen molar-refractivity contribution in [3.05, 3.63) is 69.3 Å². The third-order valence-corrected chi connectivity index (χ3v) is 4.49. The first kappa shape index (κ1) is 17.9. The van der Waals surface area contributed by atoms with Gasteiger partial charge in [0.2, 0.25) is 0 Å². The second-order valence-corrected chi connectivity index (χ2v) is 6.17. The molecule has 0 spiro atoms. The molecule has 0 atom stereocenters. The molecule has 0 bridgehead atoms. The number of benzene rings is 2. The number of hydrogen-bond donors (Lipinski definition) is 1. The van der Waals surface area contributed by atoms with Crippen LogP contribution >= 0.6 is 0 Å². The number of ether oxygens (including phenoxy) is 1. The van der Waals surface area contributed by atoms with E-state index < -0.39 is 4.92 Å². The number of carbonyl (C=O) groups is 1. The Bertz CT molecular complexity index is 816. The lowest BCUT2D eigenvalue weighted by atomic mass is 10.1. The number of carbonyl (C=O) groups excluding carboxylic acids is 1. The second-order valence-electron chi connectivity index (χ2n) is 6.17. The number of aryl methyl sites for hydroxylation is 1. The molecule has 0 unspecified atom stereocenters. The summed E-state index contributed by atoms with van der Waals surface area (Å²) in [5, 5.41) is 14.0. The van der Waals surface area contributed by atoms with Crippen LogP contribution in [0.15, 0.2) is 42.5 Å². The van der Waals surface area contributed by atoms with Crippen LogP contribution in [0.1, 0.15) is 21.5 Å². The zero-order valence-corrected chi connectivity index (χ0v) is 14.6. The summed E-state index contributed by atoms with van der Waals surface area (Å²) in [6, 6.07) is 12.2. The van der Waals surface area contributed by atoms with E-state index in [1.54, 1.807) is 6.07 Å². The molecule has 1 aliphatic rings. The van der Waals surface area contributed by atoms with Crippen molar-refractivity contribution in [1.29, 1.82) is 0 Å². The largest absolute Gasteiger partial charge is 0.378 e. The maximum absolute atomic E-state index is 12.8. The fraction of sp³-hybridized carbons (Fsp3) is 0.316. The lowest BCUT2D eigenvalue weighted by Crippen LogP contribution is -2.38. The number of nitrogens with one attached hydrogen (secondary N) is 1. The van der Waals surface area contributed by atoms with Crippen LogP contribution in [0.4, 0.5) is 11.4 Å². The van der Waals surface area contributed by atoms with Crippen LogP contribution in [-0.4, -0.2) is 37.1 Å². The molecule has 7 nitrogen and oxygen atoms in total. The van der Waals surface area contributed by atoms with E-state index in [1.165, 1.54) is 12.1 Å². The zero-order valence-electron chi connectivity index (χ0n) is 14.6. The standard InChI is InChI=1S/C19H21N3O4/c1-14-4-2-3-5-15(14)13-20-19(23)17-12-16(22(24)25)6-7-18(17)21-8-10-26-11-9-21/h2-7,12H,8-11,13H2,1H3,(H,20,23). The van der Waals surface area contributed by atoms with Crippen LogP contribution in [0.3, 0.4) is 0 Å². The predicted octanol–water partition coefficient (Wildman–Crippen LogP) is 2.67. The minimum absolute atomic E-state index is 0.0944. The van der Waals surface area contributed by atoms with Gasteiger partial charge >= 0.3 is 0 Å². The summed E-state index contributed by atoms with van der Waals surface area (Å²) in [6.45, 7) is 4.79. The van der Waals surface area contributed by atoms with Crippen molar-refractivity contribution in [3.63, 3.8) is 0 Å². The molecule has 3 rings (SSSR count). The number of nitro benzene ring substituents is 1. The Morgan fingerprint density at radius 3 is 2.65 bits per heavy atom. The molecule has 26 heavy (non-hydrogen) atoms. The lowest BCUT2D eigenvalue weighted by Gasteiger charge is -2.30. The van der Waals surface area contributed by atoms with Crippen LogP contribution in [0.2, 0.25) is 0 Å². The van der Waals surface area contributed by atoms with Crippen molar-refractivity contribution in [2.45, 2.75) is 13.5 Å². The monoisotopic (exact) mass is 355 g/mol. The molecule has 1 heterocycles. The van der Waals surface area contributed by atoms with Gasteiger partial charge in [-0.1, -0.05) is 24.3 Å². The van der Waals surface area contributed by atoms with E-state index in [9.17, 15) is 14.9 Å². The second kappa shape index (κ2) is 7.97. The highest BCUT2D eigenvalue weighted by Gasteiger charge is 2.22. The molecule has 0 radical (unpaired) electrons. The first-order valence-electron chi connectivity index (χ1n) is 8.50. The predicted molar refractivity (Wildman–Crippen MR) is 98.5 cm³/mol. The topological polar surface area (TPSA) is 84.7 Å². The van der Waals surface area contributed by atoms with E-state index in [2.05, 4.69) is 5.32 Å². The number of morpholine rings is 1. The molecular weight excluding hydrogens is 334 g/mol. The summed E-state index contributed by atoms with van der Waals surface area (Å²) < 4.78 is 5.35. The molecule has 1 N–H and O–H groups in total. The average molecular weight is 355 g/mol. The molecule has 7 heteroatoms. The van der Waals surface area contributed by atoms with Gasteiger partial charge in [0.1, 0.15) is 0 Å². The smallest absolute Gasteiger partial charge is 0.270 e. The summed E-state index contributed by atoms with van der Waals surface area (Å²) in [5.41, 5.74) is 3.01. The molecule has 0 aliphatic carbocycles. The molecule has 136 valence electrons. The molecule has 1 saturated heterocycles. The van der Waals surface area contributed by atoms with Crippen molar-refractivity contribution in [1.82, 2.24) is 5.32 Å². The molecule has 2 aromatic carbocycles. The number of rotatable bonds is 5. The number of amides is 1. The third-order valence-electron chi connectivity index (χ3n) is 4.49. The van der Waals surface area contributed by atoms with Crippen LogP contribution in [0.25, 0.3) is 0 Å². The Labute approximate surface area is 151 Å². The maximum Gasteiger partial charge on any atom is 0.270 e. The molecule has 2 aromatic rings. The lowest BCUT2D eigenvalue weighted by molar-refractivity contribution is -0.384.